The molecule has 126 valence electrons. The number of carbonyl (C=O) groups excluding carboxylic acids is 1. The molecule has 0 aliphatic carbocycles. The standard InChI is InChI=1S/C18H16F3NO2/c19-18(20,21)15-7-5-12(6-8-15)10-22-17(23)14-9-13-3-1-2-4-16(13)24-11-14/h1-8,14H,9-11H2,(H,22,23)/t14-/m0/s1. The summed E-state index contributed by atoms with van der Waals surface area (Å²) in [6.07, 6.45) is -3.76. The number of benzene rings is 2. The minimum Gasteiger partial charge on any atom is -0.492 e. The summed E-state index contributed by atoms with van der Waals surface area (Å²) in [6.45, 7) is 0.491. The highest BCUT2D eigenvalue weighted by Crippen LogP contribution is 2.29. The van der Waals surface area contributed by atoms with Gasteiger partial charge in [0.25, 0.3) is 0 Å². The van der Waals surface area contributed by atoms with Crippen molar-refractivity contribution in [2.45, 2.75) is 19.1 Å². The van der Waals surface area contributed by atoms with E-state index in [4.69, 9.17) is 4.74 Å². The van der Waals surface area contributed by atoms with Crippen LogP contribution in [-0.4, -0.2) is 12.5 Å². The maximum absolute atomic E-state index is 12.5. The third-order valence-corrected chi connectivity index (χ3v) is 4.00. The Bertz CT molecular complexity index is 726. The molecule has 0 saturated heterocycles. The molecule has 2 aromatic rings. The zero-order chi connectivity index (χ0) is 17.2. The zero-order valence-corrected chi connectivity index (χ0v) is 12.8. The maximum atomic E-state index is 12.5. The molecular weight excluding hydrogens is 319 g/mol. The fourth-order valence-electron chi connectivity index (χ4n) is 2.64. The molecule has 0 fully saturated rings. The van der Waals surface area contributed by atoms with Gasteiger partial charge >= 0.3 is 6.18 Å². The topological polar surface area (TPSA) is 38.3 Å². The second-order valence-electron chi connectivity index (χ2n) is 5.73. The van der Waals surface area contributed by atoms with E-state index >= 15 is 0 Å². The summed E-state index contributed by atoms with van der Waals surface area (Å²) < 4.78 is 43.1. The van der Waals surface area contributed by atoms with E-state index < -0.39 is 11.7 Å². The van der Waals surface area contributed by atoms with Crippen LogP contribution in [0.2, 0.25) is 0 Å². The van der Waals surface area contributed by atoms with Crippen molar-refractivity contribution in [2.75, 3.05) is 6.61 Å². The van der Waals surface area contributed by atoms with Gasteiger partial charge in [0.05, 0.1) is 11.5 Å². The number of hydrogen-bond donors (Lipinski definition) is 1. The number of fused-ring (bicyclic) bond motifs is 1. The van der Waals surface area contributed by atoms with Gasteiger partial charge in [-0.2, -0.15) is 13.2 Å². The number of carbonyl (C=O) groups is 1. The van der Waals surface area contributed by atoms with Crippen LogP contribution in [0.4, 0.5) is 13.2 Å². The largest absolute Gasteiger partial charge is 0.492 e. The van der Waals surface area contributed by atoms with Crippen molar-refractivity contribution < 1.29 is 22.7 Å². The normalized spacial score (nSPS) is 16.9. The van der Waals surface area contributed by atoms with Crippen LogP contribution < -0.4 is 10.1 Å². The van der Waals surface area contributed by atoms with Crippen molar-refractivity contribution in [1.82, 2.24) is 5.32 Å². The molecule has 2 aromatic carbocycles. The number of ether oxygens (including phenoxy) is 1. The van der Waals surface area contributed by atoms with Gasteiger partial charge in [-0.05, 0) is 35.7 Å². The summed E-state index contributed by atoms with van der Waals surface area (Å²) in [5, 5.41) is 2.76. The molecule has 0 saturated carbocycles. The first-order valence-corrected chi connectivity index (χ1v) is 7.58. The lowest BCUT2D eigenvalue weighted by molar-refractivity contribution is -0.137. The number of nitrogens with one attached hydrogen (secondary N) is 1. The molecule has 0 bridgehead atoms. The fourth-order valence-corrected chi connectivity index (χ4v) is 2.64. The molecule has 3 nitrogen and oxygen atoms in total. The SMILES string of the molecule is O=C(NCc1ccc(C(F)(F)F)cc1)[C@@H]1COc2ccccc2C1. The summed E-state index contributed by atoms with van der Waals surface area (Å²) in [5.41, 5.74) is 0.904. The molecular formula is C18H16F3NO2. The third-order valence-electron chi connectivity index (χ3n) is 4.00. The van der Waals surface area contributed by atoms with Crippen molar-refractivity contribution >= 4 is 5.91 Å². The second kappa shape index (κ2) is 6.55. The predicted molar refractivity (Wildman–Crippen MR) is 82.4 cm³/mol. The first-order valence-electron chi connectivity index (χ1n) is 7.58. The molecule has 0 unspecified atom stereocenters. The quantitative estimate of drug-likeness (QED) is 0.931. The smallest absolute Gasteiger partial charge is 0.416 e. The van der Waals surface area contributed by atoms with E-state index in [0.717, 1.165) is 23.4 Å². The van der Waals surface area contributed by atoms with Gasteiger partial charge in [0.1, 0.15) is 12.4 Å². The monoisotopic (exact) mass is 335 g/mol. The van der Waals surface area contributed by atoms with Crippen molar-refractivity contribution in [3.8, 4) is 5.75 Å². The van der Waals surface area contributed by atoms with E-state index in [1.165, 1.54) is 12.1 Å². The Morgan fingerprint density at radius 2 is 1.83 bits per heavy atom. The highest BCUT2D eigenvalue weighted by molar-refractivity contribution is 5.79. The van der Waals surface area contributed by atoms with E-state index in [1.807, 2.05) is 24.3 Å². The summed E-state index contributed by atoms with van der Waals surface area (Å²) in [6, 6.07) is 12.3. The molecule has 3 rings (SSSR count). The molecule has 1 N–H and O–H groups in total. The Morgan fingerprint density at radius 1 is 1.12 bits per heavy atom. The number of rotatable bonds is 3. The maximum Gasteiger partial charge on any atom is 0.416 e. The van der Waals surface area contributed by atoms with E-state index in [9.17, 15) is 18.0 Å². The average molecular weight is 335 g/mol. The van der Waals surface area contributed by atoms with Gasteiger partial charge in [0.2, 0.25) is 5.91 Å². The van der Waals surface area contributed by atoms with Gasteiger partial charge < -0.3 is 10.1 Å². The molecule has 6 heteroatoms. The average Bonchev–Trinajstić information content (AvgIpc) is 2.59. The van der Waals surface area contributed by atoms with Crippen LogP contribution in [0.15, 0.2) is 48.5 Å². The van der Waals surface area contributed by atoms with Crippen molar-refractivity contribution in [3.05, 3.63) is 65.2 Å². The molecule has 24 heavy (non-hydrogen) atoms. The van der Waals surface area contributed by atoms with Crippen molar-refractivity contribution in [3.63, 3.8) is 0 Å². The second-order valence-corrected chi connectivity index (χ2v) is 5.73. The van der Waals surface area contributed by atoms with Gasteiger partial charge in [-0.15, -0.1) is 0 Å². The minimum atomic E-state index is -4.35. The van der Waals surface area contributed by atoms with Crippen LogP contribution in [0.25, 0.3) is 0 Å². The molecule has 1 aliphatic rings. The highest BCUT2D eigenvalue weighted by Gasteiger charge is 2.30. The molecule has 1 heterocycles. The van der Waals surface area contributed by atoms with Crippen LogP contribution in [0.5, 0.6) is 5.75 Å². The lowest BCUT2D eigenvalue weighted by atomic mass is 9.96. The van der Waals surface area contributed by atoms with Gasteiger partial charge in [-0.3, -0.25) is 4.79 Å². The van der Waals surface area contributed by atoms with Crippen molar-refractivity contribution in [1.29, 1.82) is 0 Å². The molecule has 0 aromatic heterocycles. The number of para-hydroxylation sites is 1. The summed E-state index contributed by atoms with van der Waals surface area (Å²) in [5.74, 6) is 0.336. The van der Waals surface area contributed by atoms with E-state index in [0.29, 0.717) is 18.6 Å². The fraction of sp³-hybridized carbons (Fsp3) is 0.278. The summed E-state index contributed by atoms with van der Waals surface area (Å²) >= 11 is 0. The molecule has 0 spiro atoms. The molecule has 1 amide bonds. The highest BCUT2D eigenvalue weighted by atomic mass is 19.4. The Hall–Kier alpha value is -2.50. The van der Waals surface area contributed by atoms with Crippen molar-refractivity contribution in [2.24, 2.45) is 5.92 Å². The zero-order valence-electron chi connectivity index (χ0n) is 12.8. The molecule has 1 aliphatic heterocycles. The van der Waals surface area contributed by atoms with Crippen LogP contribution in [0.3, 0.4) is 0 Å². The Labute approximate surface area is 137 Å². The predicted octanol–water partition coefficient (Wildman–Crippen LogP) is 3.57. The number of amides is 1. The van der Waals surface area contributed by atoms with Crippen LogP contribution in [0.1, 0.15) is 16.7 Å². The van der Waals surface area contributed by atoms with Gasteiger partial charge in [0.15, 0.2) is 0 Å². The first-order chi connectivity index (χ1) is 11.4. The summed E-state index contributed by atoms with van der Waals surface area (Å²) in [7, 11) is 0. The van der Waals surface area contributed by atoms with E-state index in [-0.39, 0.29) is 18.4 Å². The van der Waals surface area contributed by atoms with E-state index in [2.05, 4.69) is 5.32 Å². The lowest BCUT2D eigenvalue weighted by Gasteiger charge is -2.24. The Kier molecular flexibility index (Phi) is 4.46. The third kappa shape index (κ3) is 3.69. The Morgan fingerprint density at radius 3 is 2.54 bits per heavy atom. The first kappa shape index (κ1) is 16.4. The number of halogens is 3. The lowest BCUT2D eigenvalue weighted by Crippen LogP contribution is -2.37. The molecule has 0 radical (unpaired) electrons. The van der Waals surface area contributed by atoms with Gasteiger partial charge in [-0.25, -0.2) is 0 Å². The minimum absolute atomic E-state index is 0.163. The van der Waals surface area contributed by atoms with Gasteiger partial charge in [0, 0.05) is 6.54 Å². The van der Waals surface area contributed by atoms with Gasteiger partial charge in [-0.1, -0.05) is 30.3 Å². The van der Waals surface area contributed by atoms with Crippen LogP contribution in [-0.2, 0) is 23.9 Å². The molecule has 1 atom stereocenters. The van der Waals surface area contributed by atoms with Crippen LogP contribution >= 0.6 is 0 Å². The summed E-state index contributed by atoms with van der Waals surface area (Å²) in [4.78, 5) is 12.2. The van der Waals surface area contributed by atoms with Crippen LogP contribution in [0, 0.1) is 5.92 Å². The number of hydrogen-bond acceptors (Lipinski definition) is 2. The van der Waals surface area contributed by atoms with E-state index in [1.54, 1.807) is 0 Å². The number of alkyl halides is 3. The Balaban J connectivity index is 1.56.